The van der Waals surface area contributed by atoms with Gasteiger partial charge in [0.1, 0.15) is 30.2 Å². The van der Waals surface area contributed by atoms with Gasteiger partial charge in [-0.1, -0.05) is 56.3 Å². The van der Waals surface area contributed by atoms with Crippen molar-refractivity contribution >= 4 is 52.1 Å². The molecule has 236 valence electrons. The smallest absolute Gasteiger partial charge is 0.486 e. The maximum absolute atomic E-state index is 13.1. The molecular weight excluding hydrogens is 586 g/mol. The molecule has 0 aliphatic carbocycles. The minimum absolute atomic E-state index is 0.145. The summed E-state index contributed by atoms with van der Waals surface area (Å²) in [5, 5.41) is 18.2. The maximum Gasteiger partial charge on any atom is 0.518 e. The molecule has 0 saturated carbocycles. The molecule has 13 heteroatoms. The van der Waals surface area contributed by atoms with E-state index in [4.69, 9.17) is 9.47 Å². The van der Waals surface area contributed by atoms with Crippen molar-refractivity contribution in [3.8, 4) is 11.5 Å². The Morgan fingerprint density at radius 1 is 0.844 bits per heavy atom. The summed E-state index contributed by atoms with van der Waals surface area (Å²) >= 11 is 0. The van der Waals surface area contributed by atoms with Gasteiger partial charge in [-0.3, -0.25) is 24.0 Å². The Bertz CT molecular complexity index is 1580. The minimum atomic E-state index is -1.50. The molecule has 45 heavy (non-hydrogen) atoms. The molecule has 0 spiro atoms. The number of fused-ring (bicyclic) bond motifs is 1. The van der Waals surface area contributed by atoms with Crippen LogP contribution in [0.15, 0.2) is 79.1 Å². The van der Waals surface area contributed by atoms with Crippen LogP contribution in [0, 0.1) is 5.92 Å². The van der Waals surface area contributed by atoms with Crippen molar-refractivity contribution in [2.75, 3.05) is 11.9 Å². The van der Waals surface area contributed by atoms with Gasteiger partial charge in [0.25, 0.3) is 0 Å². The van der Waals surface area contributed by atoms with Gasteiger partial charge in [0, 0.05) is 11.1 Å². The van der Waals surface area contributed by atoms with Crippen LogP contribution in [-0.2, 0) is 28.7 Å². The number of carbonyl (C=O) groups is 6. The van der Waals surface area contributed by atoms with Crippen LogP contribution >= 0.6 is 0 Å². The van der Waals surface area contributed by atoms with Crippen molar-refractivity contribution in [3.05, 3.63) is 79.1 Å². The Kier molecular flexibility index (Phi) is 12.2. The van der Waals surface area contributed by atoms with Gasteiger partial charge in [-0.25, -0.2) is 4.79 Å². The molecule has 0 fully saturated rings. The lowest BCUT2D eigenvalue weighted by Gasteiger charge is -2.24. The molecule has 0 saturated heterocycles. The number of nitrogens with one attached hydrogen (secondary N) is 3. The first kappa shape index (κ1) is 33.8. The molecule has 0 radical (unpaired) electrons. The first-order valence-corrected chi connectivity index (χ1v) is 13.9. The van der Waals surface area contributed by atoms with Crippen molar-refractivity contribution in [1.82, 2.24) is 10.6 Å². The molecule has 0 aromatic heterocycles. The van der Waals surface area contributed by atoms with Crippen molar-refractivity contribution in [3.63, 3.8) is 0 Å². The Balaban J connectivity index is 1.61. The molecule has 3 rings (SSSR count). The molecule has 0 heterocycles. The fraction of sp³-hybridized carbons (Fsp3) is 0.250. The number of ether oxygens (including phenoxy) is 3. The number of carboxylic acids is 1. The number of allylic oxidation sites excluding steroid dienone is 1. The molecule has 4 N–H and O–H groups in total. The molecule has 3 aromatic rings. The largest absolute Gasteiger partial charge is 0.518 e. The zero-order valence-corrected chi connectivity index (χ0v) is 24.8. The minimum Gasteiger partial charge on any atom is -0.486 e. The number of Topliss-reactive ketones (excluding diaryl/α,β-unsaturated/α-hetero) is 1. The van der Waals surface area contributed by atoms with E-state index < -0.39 is 66.7 Å². The van der Waals surface area contributed by atoms with Crippen molar-refractivity contribution in [1.29, 1.82) is 0 Å². The fourth-order valence-corrected chi connectivity index (χ4v) is 4.04. The van der Waals surface area contributed by atoms with E-state index in [1.807, 2.05) is 18.2 Å². The van der Waals surface area contributed by atoms with Gasteiger partial charge in [-0.2, -0.15) is 0 Å². The van der Waals surface area contributed by atoms with E-state index in [2.05, 4.69) is 20.7 Å². The van der Waals surface area contributed by atoms with Crippen LogP contribution in [-0.4, -0.2) is 59.4 Å². The number of rotatable bonds is 13. The van der Waals surface area contributed by atoms with Crippen LogP contribution in [0.2, 0.25) is 0 Å². The highest BCUT2D eigenvalue weighted by atomic mass is 16.7. The summed E-state index contributed by atoms with van der Waals surface area (Å²) in [5.41, 5.74) is 0.403. The lowest BCUT2D eigenvalue weighted by atomic mass is 10.0. The Labute approximate surface area is 258 Å². The van der Waals surface area contributed by atoms with E-state index in [0.717, 1.165) is 11.6 Å². The predicted octanol–water partition coefficient (Wildman–Crippen LogP) is 3.58. The van der Waals surface area contributed by atoms with Gasteiger partial charge in [0.15, 0.2) is 5.78 Å². The highest BCUT2D eigenvalue weighted by Gasteiger charge is 2.31. The summed E-state index contributed by atoms with van der Waals surface area (Å²) in [5.74, 6) is -5.28. The van der Waals surface area contributed by atoms with E-state index in [0.29, 0.717) is 11.1 Å². The third-order valence-electron chi connectivity index (χ3n) is 6.27. The number of carbonyl (C=O) groups excluding carboxylic acids is 5. The van der Waals surface area contributed by atoms with Gasteiger partial charge in [-0.05, 0) is 48.6 Å². The quantitative estimate of drug-likeness (QED) is 0.0954. The van der Waals surface area contributed by atoms with Gasteiger partial charge < -0.3 is 35.3 Å². The first-order chi connectivity index (χ1) is 21.5. The number of aliphatic carboxylic acids is 1. The van der Waals surface area contributed by atoms with Gasteiger partial charge >= 0.3 is 23.9 Å². The SMILES string of the molecule is C/C=C/OC(=O)Oc1ccc(OCC(=O)[C@H](CC(=O)O)NC(=O)[C@@H](NC(=O)C(=O)Nc2cccc3ccccc23)C(C)C)cc1. The van der Waals surface area contributed by atoms with Crippen LogP contribution in [0.5, 0.6) is 11.5 Å². The average molecular weight is 620 g/mol. The third-order valence-corrected chi connectivity index (χ3v) is 6.27. The molecule has 0 bridgehead atoms. The highest BCUT2D eigenvalue weighted by Crippen LogP contribution is 2.23. The number of benzene rings is 3. The summed E-state index contributed by atoms with van der Waals surface area (Å²) < 4.78 is 15.0. The van der Waals surface area contributed by atoms with Crippen molar-refractivity contribution in [2.45, 2.75) is 39.3 Å². The number of hydrogen-bond acceptors (Lipinski definition) is 9. The monoisotopic (exact) mass is 619 g/mol. The molecule has 0 unspecified atom stereocenters. The van der Waals surface area contributed by atoms with Crippen LogP contribution in [0.3, 0.4) is 0 Å². The van der Waals surface area contributed by atoms with Crippen LogP contribution in [0.1, 0.15) is 27.2 Å². The molecule has 2 atom stereocenters. The molecule has 3 aromatic carbocycles. The van der Waals surface area contributed by atoms with Crippen LogP contribution in [0.25, 0.3) is 10.8 Å². The van der Waals surface area contributed by atoms with Gasteiger partial charge in [0.2, 0.25) is 5.91 Å². The number of ketones is 1. The van der Waals surface area contributed by atoms with E-state index in [1.165, 1.54) is 30.3 Å². The second-order valence-corrected chi connectivity index (χ2v) is 10.0. The summed E-state index contributed by atoms with van der Waals surface area (Å²) in [6.45, 7) is 4.27. The normalized spacial score (nSPS) is 12.2. The third kappa shape index (κ3) is 10.2. The van der Waals surface area contributed by atoms with Gasteiger partial charge in [-0.15, -0.1) is 0 Å². The Morgan fingerprint density at radius 2 is 1.51 bits per heavy atom. The van der Waals surface area contributed by atoms with Crippen molar-refractivity contribution < 1.29 is 48.1 Å². The van der Waals surface area contributed by atoms with Crippen LogP contribution < -0.4 is 25.4 Å². The zero-order chi connectivity index (χ0) is 32.9. The molecule has 13 nitrogen and oxygen atoms in total. The molecule has 0 aliphatic heterocycles. The molecule has 3 amide bonds. The number of amides is 3. The number of hydrogen-bond donors (Lipinski definition) is 4. The maximum atomic E-state index is 13.1. The molecular formula is C32H33N3O10. The Morgan fingerprint density at radius 3 is 2.18 bits per heavy atom. The van der Waals surface area contributed by atoms with Crippen molar-refractivity contribution in [2.24, 2.45) is 5.92 Å². The van der Waals surface area contributed by atoms with E-state index in [9.17, 15) is 33.9 Å². The highest BCUT2D eigenvalue weighted by molar-refractivity contribution is 6.40. The topological polar surface area (TPSA) is 186 Å². The van der Waals surface area contributed by atoms with E-state index >= 15 is 0 Å². The second kappa shape index (κ2) is 16.2. The standard InChI is InChI=1S/C32H33N3O10/c1-4-16-43-32(42)45-22-14-12-21(13-15-22)44-18-26(36)25(17-27(37)38)34-29(39)28(19(2)3)35-31(41)30(40)33-24-11-7-9-20-8-5-6-10-23(20)24/h4-16,19,25,28H,17-18H2,1-3H3,(H,33,40)(H,34,39)(H,35,41)(H,37,38)/b16-4+/t25-,28-/m0/s1. The second-order valence-electron chi connectivity index (χ2n) is 10.0. The van der Waals surface area contributed by atoms with E-state index in [-0.39, 0.29) is 11.5 Å². The summed E-state index contributed by atoms with van der Waals surface area (Å²) in [7, 11) is 0. The lowest BCUT2D eigenvalue weighted by molar-refractivity contribution is -0.141. The zero-order valence-electron chi connectivity index (χ0n) is 24.8. The summed E-state index contributed by atoms with van der Waals surface area (Å²) in [6, 6.07) is 15.3. The summed E-state index contributed by atoms with van der Waals surface area (Å²) in [4.78, 5) is 74.5. The lowest BCUT2D eigenvalue weighted by Crippen LogP contribution is -2.56. The molecule has 0 aliphatic rings. The number of carboxylic acid groups (broad SMARTS) is 1. The summed E-state index contributed by atoms with van der Waals surface area (Å²) in [6.07, 6.45) is 0.945. The van der Waals surface area contributed by atoms with Gasteiger partial charge in [0.05, 0.1) is 12.7 Å². The first-order valence-electron chi connectivity index (χ1n) is 13.9. The van der Waals surface area contributed by atoms with E-state index in [1.54, 1.807) is 45.0 Å². The fourth-order valence-electron chi connectivity index (χ4n) is 4.04. The average Bonchev–Trinajstić information content (AvgIpc) is 3.01. The van der Waals surface area contributed by atoms with Crippen LogP contribution in [0.4, 0.5) is 10.5 Å². The predicted molar refractivity (Wildman–Crippen MR) is 162 cm³/mol. The number of anilines is 1. The Hall–Kier alpha value is -5.72.